The van der Waals surface area contributed by atoms with E-state index in [1.54, 1.807) is 0 Å². The molecule has 4 heterocycles. The number of halogens is 1. The highest BCUT2D eigenvalue weighted by Crippen LogP contribution is 2.33. The summed E-state index contributed by atoms with van der Waals surface area (Å²) in [4.78, 5) is 11.5. The fourth-order valence-electron chi connectivity index (χ4n) is 3.55. The third-order valence-electron chi connectivity index (χ3n) is 4.58. The Balaban J connectivity index is 1.67. The SMILES string of the molecule is Brc1cnc2c(N3CC[C@@H]4OCCC[C@H]4C3)ccnc2c1. The zero-order valence-corrected chi connectivity index (χ0v) is 13.4. The van der Waals surface area contributed by atoms with E-state index in [-0.39, 0.29) is 0 Å². The molecule has 0 radical (unpaired) electrons. The van der Waals surface area contributed by atoms with Crippen LogP contribution in [0.4, 0.5) is 5.69 Å². The Kier molecular flexibility index (Phi) is 3.55. The summed E-state index contributed by atoms with van der Waals surface area (Å²) in [6.07, 6.45) is 7.79. The molecule has 0 bridgehead atoms. The Morgan fingerprint density at radius 2 is 2.24 bits per heavy atom. The maximum atomic E-state index is 5.91. The lowest BCUT2D eigenvalue weighted by atomic mass is 9.88. The van der Waals surface area contributed by atoms with Gasteiger partial charge >= 0.3 is 0 Å². The number of hydrogen-bond donors (Lipinski definition) is 0. The largest absolute Gasteiger partial charge is 0.378 e. The number of nitrogens with zero attached hydrogens (tertiary/aromatic N) is 3. The fraction of sp³-hybridized carbons (Fsp3) is 0.500. The van der Waals surface area contributed by atoms with Crippen molar-refractivity contribution < 1.29 is 4.74 Å². The molecule has 0 aliphatic carbocycles. The third kappa shape index (κ3) is 2.53. The number of hydrogen-bond acceptors (Lipinski definition) is 4. The summed E-state index contributed by atoms with van der Waals surface area (Å²) in [6, 6.07) is 4.12. The van der Waals surface area contributed by atoms with E-state index in [4.69, 9.17) is 4.74 Å². The van der Waals surface area contributed by atoms with E-state index in [0.717, 1.165) is 41.6 Å². The van der Waals surface area contributed by atoms with Gasteiger partial charge in [-0.15, -0.1) is 0 Å². The summed E-state index contributed by atoms with van der Waals surface area (Å²) < 4.78 is 6.88. The number of rotatable bonds is 1. The number of fused-ring (bicyclic) bond motifs is 2. The molecule has 0 unspecified atom stereocenters. The zero-order chi connectivity index (χ0) is 14.2. The van der Waals surface area contributed by atoms with Crippen LogP contribution in [0.1, 0.15) is 19.3 Å². The van der Waals surface area contributed by atoms with Crippen molar-refractivity contribution in [3.05, 3.63) is 29.0 Å². The number of pyridine rings is 2. The molecule has 2 fully saturated rings. The molecule has 2 aliphatic rings. The van der Waals surface area contributed by atoms with Crippen LogP contribution < -0.4 is 4.90 Å². The first-order valence-electron chi connectivity index (χ1n) is 7.58. The fourth-order valence-corrected chi connectivity index (χ4v) is 3.87. The average Bonchev–Trinajstić information content (AvgIpc) is 2.53. The Hall–Kier alpha value is -1.20. The van der Waals surface area contributed by atoms with Crippen LogP contribution in [0, 0.1) is 5.92 Å². The summed E-state index contributed by atoms with van der Waals surface area (Å²) >= 11 is 3.47. The lowest BCUT2D eigenvalue weighted by Gasteiger charge is -2.42. The molecule has 4 nitrogen and oxygen atoms in total. The van der Waals surface area contributed by atoms with Crippen LogP contribution in [0.3, 0.4) is 0 Å². The lowest BCUT2D eigenvalue weighted by Crippen LogP contribution is -2.46. The molecule has 0 aromatic carbocycles. The maximum absolute atomic E-state index is 5.91. The number of ether oxygens (including phenoxy) is 1. The standard InChI is InChI=1S/C16H18BrN3O/c17-12-8-13-16(19-9-12)14(3-5-18-13)20-6-4-15-11(10-20)2-1-7-21-15/h3,5,8-9,11,15H,1-2,4,6-7,10H2/t11-,15-/m0/s1. The van der Waals surface area contributed by atoms with Crippen molar-refractivity contribution in [2.45, 2.75) is 25.4 Å². The Morgan fingerprint density at radius 1 is 1.29 bits per heavy atom. The summed E-state index contributed by atoms with van der Waals surface area (Å²) in [5.41, 5.74) is 3.15. The summed E-state index contributed by atoms with van der Waals surface area (Å²) in [5.74, 6) is 0.658. The Labute approximate surface area is 132 Å². The number of piperidine rings is 1. The smallest absolute Gasteiger partial charge is 0.112 e. The van der Waals surface area contributed by atoms with Crippen LogP contribution in [-0.2, 0) is 4.74 Å². The van der Waals surface area contributed by atoms with Crippen LogP contribution in [0.25, 0.3) is 11.0 Å². The van der Waals surface area contributed by atoms with Crippen LogP contribution >= 0.6 is 15.9 Å². The minimum atomic E-state index is 0.463. The molecule has 0 spiro atoms. The van der Waals surface area contributed by atoms with E-state index in [2.05, 4.69) is 36.9 Å². The van der Waals surface area contributed by atoms with E-state index in [1.165, 1.54) is 18.5 Å². The second-order valence-corrected chi connectivity index (χ2v) is 6.81. The normalized spacial score (nSPS) is 25.9. The summed E-state index contributed by atoms with van der Waals surface area (Å²) in [7, 11) is 0. The van der Waals surface area contributed by atoms with Crippen molar-refractivity contribution in [1.29, 1.82) is 0 Å². The van der Waals surface area contributed by atoms with Gasteiger partial charge in [0, 0.05) is 42.5 Å². The van der Waals surface area contributed by atoms with Crippen molar-refractivity contribution in [2.24, 2.45) is 5.92 Å². The molecule has 2 aliphatic heterocycles. The minimum absolute atomic E-state index is 0.463. The molecule has 0 amide bonds. The van der Waals surface area contributed by atoms with Crippen molar-refractivity contribution in [1.82, 2.24) is 9.97 Å². The highest BCUT2D eigenvalue weighted by atomic mass is 79.9. The second-order valence-electron chi connectivity index (χ2n) is 5.90. The predicted octanol–water partition coefficient (Wildman–Crippen LogP) is 3.40. The monoisotopic (exact) mass is 347 g/mol. The van der Waals surface area contributed by atoms with E-state index < -0.39 is 0 Å². The Morgan fingerprint density at radius 3 is 3.19 bits per heavy atom. The zero-order valence-electron chi connectivity index (χ0n) is 11.8. The molecule has 2 saturated heterocycles. The van der Waals surface area contributed by atoms with Gasteiger partial charge in [0.1, 0.15) is 5.52 Å². The molecule has 4 rings (SSSR count). The summed E-state index contributed by atoms with van der Waals surface area (Å²) in [6.45, 7) is 3.05. The van der Waals surface area contributed by atoms with Gasteiger partial charge in [-0.05, 0) is 47.3 Å². The van der Waals surface area contributed by atoms with Gasteiger partial charge in [-0.3, -0.25) is 9.97 Å². The van der Waals surface area contributed by atoms with Gasteiger partial charge in [0.05, 0.1) is 17.3 Å². The van der Waals surface area contributed by atoms with Crippen molar-refractivity contribution in [3.63, 3.8) is 0 Å². The topological polar surface area (TPSA) is 38.2 Å². The van der Waals surface area contributed by atoms with Gasteiger partial charge in [0.2, 0.25) is 0 Å². The number of aromatic nitrogens is 2. The van der Waals surface area contributed by atoms with Crippen LogP contribution in [0.5, 0.6) is 0 Å². The second kappa shape index (κ2) is 5.54. The van der Waals surface area contributed by atoms with Gasteiger partial charge in [-0.25, -0.2) is 0 Å². The van der Waals surface area contributed by atoms with Crippen LogP contribution in [0.2, 0.25) is 0 Å². The van der Waals surface area contributed by atoms with E-state index in [0.29, 0.717) is 12.0 Å². The van der Waals surface area contributed by atoms with E-state index >= 15 is 0 Å². The first-order chi connectivity index (χ1) is 10.3. The molecule has 21 heavy (non-hydrogen) atoms. The van der Waals surface area contributed by atoms with E-state index in [1.807, 2.05) is 18.5 Å². The quantitative estimate of drug-likeness (QED) is 0.792. The minimum Gasteiger partial charge on any atom is -0.378 e. The molecule has 2 aromatic rings. The van der Waals surface area contributed by atoms with Crippen LogP contribution in [-0.4, -0.2) is 35.8 Å². The lowest BCUT2D eigenvalue weighted by molar-refractivity contribution is -0.0356. The van der Waals surface area contributed by atoms with Crippen molar-refractivity contribution in [3.8, 4) is 0 Å². The van der Waals surface area contributed by atoms with Crippen LogP contribution in [0.15, 0.2) is 29.0 Å². The molecular formula is C16H18BrN3O. The first kappa shape index (κ1) is 13.5. The summed E-state index contributed by atoms with van der Waals surface area (Å²) in [5, 5.41) is 0. The molecule has 2 aromatic heterocycles. The van der Waals surface area contributed by atoms with Gasteiger partial charge < -0.3 is 9.64 Å². The molecule has 0 N–H and O–H groups in total. The first-order valence-corrected chi connectivity index (χ1v) is 8.37. The third-order valence-corrected chi connectivity index (χ3v) is 5.01. The maximum Gasteiger partial charge on any atom is 0.112 e. The molecule has 0 saturated carbocycles. The molecule has 2 atom stereocenters. The van der Waals surface area contributed by atoms with Gasteiger partial charge in [0.15, 0.2) is 0 Å². The highest BCUT2D eigenvalue weighted by Gasteiger charge is 2.32. The molecular weight excluding hydrogens is 330 g/mol. The average molecular weight is 348 g/mol. The van der Waals surface area contributed by atoms with Gasteiger partial charge in [-0.2, -0.15) is 0 Å². The van der Waals surface area contributed by atoms with Crippen molar-refractivity contribution in [2.75, 3.05) is 24.6 Å². The molecule has 5 heteroatoms. The van der Waals surface area contributed by atoms with Gasteiger partial charge in [-0.1, -0.05) is 0 Å². The molecule has 110 valence electrons. The highest BCUT2D eigenvalue weighted by molar-refractivity contribution is 9.10. The number of anilines is 1. The Bertz CT molecular complexity index is 663. The van der Waals surface area contributed by atoms with E-state index in [9.17, 15) is 0 Å². The predicted molar refractivity (Wildman–Crippen MR) is 86.5 cm³/mol. The van der Waals surface area contributed by atoms with Gasteiger partial charge in [0.25, 0.3) is 0 Å². The van der Waals surface area contributed by atoms with Crippen molar-refractivity contribution >= 4 is 32.7 Å².